The van der Waals surface area contributed by atoms with E-state index in [2.05, 4.69) is 6.08 Å². The molecule has 0 bridgehead atoms. The van der Waals surface area contributed by atoms with E-state index in [9.17, 15) is 5.11 Å². The third-order valence-electron chi connectivity index (χ3n) is 2.64. The largest absolute Gasteiger partial charge is 0.497 e. The Labute approximate surface area is 83.8 Å². The van der Waals surface area contributed by atoms with Crippen molar-refractivity contribution in [1.82, 2.24) is 0 Å². The zero-order chi connectivity index (χ0) is 9.97. The second kappa shape index (κ2) is 3.84. The molecule has 14 heavy (non-hydrogen) atoms. The second-order valence-electron chi connectivity index (χ2n) is 3.53. The maximum absolute atomic E-state index is 9.68. The molecule has 2 rings (SSSR count). The molecule has 0 saturated carbocycles. The summed E-state index contributed by atoms with van der Waals surface area (Å²) in [5.74, 6) is 1.01. The van der Waals surface area contributed by atoms with Gasteiger partial charge in [0, 0.05) is 5.92 Å². The zero-order valence-corrected chi connectivity index (χ0v) is 8.18. The Morgan fingerprint density at radius 2 is 2.00 bits per heavy atom. The maximum Gasteiger partial charge on any atom is 0.118 e. The summed E-state index contributed by atoms with van der Waals surface area (Å²) in [6, 6.07) is 7.85. The molecular weight excluding hydrogens is 176 g/mol. The molecule has 0 unspecified atom stereocenters. The van der Waals surface area contributed by atoms with Gasteiger partial charge in [-0.2, -0.15) is 0 Å². The number of aliphatic hydroxyl groups is 1. The number of benzene rings is 1. The van der Waals surface area contributed by atoms with E-state index in [-0.39, 0.29) is 12.0 Å². The first-order chi connectivity index (χ1) is 6.81. The van der Waals surface area contributed by atoms with Gasteiger partial charge in [0.05, 0.1) is 13.2 Å². The lowest BCUT2D eigenvalue weighted by atomic mass is 9.96. The highest BCUT2D eigenvalue weighted by molar-refractivity contribution is 5.33. The van der Waals surface area contributed by atoms with Crippen molar-refractivity contribution in [2.24, 2.45) is 0 Å². The normalized spacial score (nSPS) is 25.3. The van der Waals surface area contributed by atoms with Gasteiger partial charge in [0.2, 0.25) is 0 Å². The average molecular weight is 190 g/mol. The molecule has 2 atom stereocenters. The van der Waals surface area contributed by atoms with E-state index < -0.39 is 0 Å². The Hall–Kier alpha value is -1.28. The smallest absolute Gasteiger partial charge is 0.118 e. The van der Waals surface area contributed by atoms with Crippen LogP contribution in [-0.2, 0) is 0 Å². The first kappa shape index (κ1) is 9.28. The minimum atomic E-state index is -0.261. The number of methoxy groups -OCH3 is 1. The van der Waals surface area contributed by atoms with Crippen molar-refractivity contribution < 1.29 is 9.84 Å². The third kappa shape index (κ3) is 1.66. The van der Waals surface area contributed by atoms with Crippen molar-refractivity contribution in [2.45, 2.75) is 18.4 Å². The molecule has 2 heteroatoms. The summed E-state index contributed by atoms with van der Waals surface area (Å²) < 4.78 is 5.08. The standard InChI is InChI=1S/C12H14O2/c1-14-10-7-5-9(6-8-10)11-3-2-4-12(11)13/h2-3,5-8,11-13H,4H2,1H3/t11-,12+/m1/s1. The minimum absolute atomic E-state index is 0.154. The molecule has 0 radical (unpaired) electrons. The van der Waals surface area contributed by atoms with Gasteiger partial charge in [-0.05, 0) is 24.1 Å². The molecule has 0 aromatic heterocycles. The molecule has 0 heterocycles. The molecule has 1 aromatic carbocycles. The number of hydrogen-bond donors (Lipinski definition) is 1. The van der Waals surface area contributed by atoms with Crippen LogP contribution in [0.4, 0.5) is 0 Å². The Morgan fingerprint density at radius 1 is 1.29 bits per heavy atom. The fourth-order valence-corrected chi connectivity index (χ4v) is 1.80. The van der Waals surface area contributed by atoms with Crippen molar-refractivity contribution in [1.29, 1.82) is 0 Å². The van der Waals surface area contributed by atoms with E-state index in [1.165, 1.54) is 0 Å². The summed E-state index contributed by atoms with van der Waals surface area (Å²) in [6.07, 6.45) is 4.59. The van der Waals surface area contributed by atoms with Crippen molar-refractivity contribution in [3.05, 3.63) is 42.0 Å². The van der Waals surface area contributed by atoms with Crippen LogP contribution in [0.25, 0.3) is 0 Å². The second-order valence-corrected chi connectivity index (χ2v) is 3.53. The van der Waals surface area contributed by atoms with Crippen LogP contribution in [0.15, 0.2) is 36.4 Å². The van der Waals surface area contributed by atoms with E-state index in [4.69, 9.17) is 4.74 Å². The van der Waals surface area contributed by atoms with Crippen molar-refractivity contribution in [3.63, 3.8) is 0 Å². The Balaban J connectivity index is 2.20. The van der Waals surface area contributed by atoms with Gasteiger partial charge < -0.3 is 9.84 Å². The molecule has 0 aliphatic heterocycles. The Morgan fingerprint density at radius 3 is 2.50 bits per heavy atom. The quantitative estimate of drug-likeness (QED) is 0.724. The Kier molecular flexibility index (Phi) is 2.55. The van der Waals surface area contributed by atoms with Crippen LogP contribution < -0.4 is 4.74 Å². The van der Waals surface area contributed by atoms with Crippen LogP contribution in [-0.4, -0.2) is 18.3 Å². The lowest BCUT2D eigenvalue weighted by Gasteiger charge is -2.14. The molecular formula is C12H14O2. The maximum atomic E-state index is 9.68. The topological polar surface area (TPSA) is 29.5 Å². The summed E-state index contributed by atoms with van der Waals surface area (Å²) in [7, 11) is 1.65. The summed E-state index contributed by atoms with van der Waals surface area (Å²) in [4.78, 5) is 0. The highest BCUT2D eigenvalue weighted by Gasteiger charge is 2.21. The van der Waals surface area contributed by atoms with E-state index in [0.717, 1.165) is 17.7 Å². The average Bonchev–Trinajstić information content (AvgIpc) is 2.65. The van der Waals surface area contributed by atoms with Crippen molar-refractivity contribution in [2.75, 3.05) is 7.11 Å². The van der Waals surface area contributed by atoms with Crippen LogP contribution in [0, 0.1) is 0 Å². The van der Waals surface area contributed by atoms with Gasteiger partial charge >= 0.3 is 0 Å². The summed E-state index contributed by atoms with van der Waals surface area (Å²) in [5, 5.41) is 9.68. The fourth-order valence-electron chi connectivity index (χ4n) is 1.80. The van der Waals surface area contributed by atoms with Gasteiger partial charge in [-0.1, -0.05) is 24.3 Å². The predicted octanol–water partition coefficient (Wildman–Crippen LogP) is 2.10. The van der Waals surface area contributed by atoms with Crippen LogP contribution in [0.1, 0.15) is 17.9 Å². The van der Waals surface area contributed by atoms with Crippen molar-refractivity contribution in [3.8, 4) is 5.75 Å². The van der Waals surface area contributed by atoms with Gasteiger partial charge in [-0.15, -0.1) is 0 Å². The predicted molar refractivity (Wildman–Crippen MR) is 55.5 cm³/mol. The molecule has 1 N–H and O–H groups in total. The molecule has 2 nitrogen and oxygen atoms in total. The summed E-state index contributed by atoms with van der Waals surface area (Å²) >= 11 is 0. The first-order valence-electron chi connectivity index (χ1n) is 4.80. The van der Waals surface area contributed by atoms with Crippen LogP contribution in [0.5, 0.6) is 5.75 Å². The number of rotatable bonds is 2. The van der Waals surface area contributed by atoms with Crippen LogP contribution in [0.2, 0.25) is 0 Å². The molecule has 74 valence electrons. The minimum Gasteiger partial charge on any atom is -0.497 e. The van der Waals surface area contributed by atoms with Gasteiger partial charge in [0.15, 0.2) is 0 Å². The molecule has 1 aliphatic rings. The molecule has 1 aromatic rings. The van der Waals surface area contributed by atoms with E-state index in [1.807, 2.05) is 30.3 Å². The van der Waals surface area contributed by atoms with Gasteiger partial charge in [-0.3, -0.25) is 0 Å². The Bertz CT molecular complexity index is 327. The highest BCUT2D eigenvalue weighted by atomic mass is 16.5. The van der Waals surface area contributed by atoms with E-state index in [1.54, 1.807) is 7.11 Å². The highest BCUT2D eigenvalue weighted by Crippen LogP contribution is 2.29. The molecule has 0 fully saturated rings. The van der Waals surface area contributed by atoms with E-state index in [0.29, 0.717) is 0 Å². The lowest BCUT2D eigenvalue weighted by molar-refractivity contribution is 0.171. The molecule has 0 amide bonds. The van der Waals surface area contributed by atoms with E-state index >= 15 is 0 Å². The number of ether oxygens (including phenoxy) is 1. The zero-order valence-electron chi connectivity index (χ0n) is 8.18. The molecule has 0 spiro atoms. The molecule has 1 aliphatic carbocycles. The van der Waals surface area contributed by atoms with Crippen LogP contribution in [0.3, 0.4) is 0 Å². The van der Waals surface area contributed by atoms with Gasteiger partial charge in [0.1, 0.15) is 5.75 Å². The van der Waals surface area contributed by atoms with Gasteiger partial charge in [-0.25, -0.2) is 0 Å². The fraction of sp³-hybridized carbons (Fsp3) is 0.333. The van der Waals surface area contributed by atoms with Crippen molar-refractivity contribution >= 4 is 0 Å². The SMILES string of the molecule is COc1ccc([C@H]2C=CC[C@@H]2O)cc1. The summed E-state index contributed by atoms with van der Waals surface area (Å²) in [6.45, 7) is 0. The summed E-state index contributed by atoms with van der Waals surface area (Å²) in [5.41, 5.74) is 1.15. The van der Waals surface area contributed by atoms with Gasteiger partial charge in [0.25, 0.3) is 0 Å². The number of aliphatic hydroxyl groups excluding tert-OH is 1. The lowest BCUT2D eigenvalue weighted by Crippen LogP contribution is -2.11. The number of hydrogen-bond acceptors (Lipinski definition) is 2. The molecule has 0 saturated heterocycles. The monoisotopic (exact) mass is 190 g/mol. The third-order valence-corrected chi connectivity index (χ3v) is 2.64. The first-order valence-corrected chi connectivity index (χ1v) is 4.80. The van der Waals surface area contributed by atoms with Crippen LogP contribution >= 0.6 is 0 Å².